The number of Topliss-reactive ketones (excluding diaryl/α,β-unsaturated/α-hetero) is 1. The molecule has 1 aliphatic heterocycles. The van der Waals surface area contributed by atoms with Gasteiger partial charge in [-0.15, -0.1) is 0 Å². The third-order valence-electron chi connectivity index (χ3n) is 6.65. The molecule has 1 aliphatic rings. The fourth-order valence-electron chi connectivity index (χ4n) is 4.85. The highest BCUT2D eigenvalue weighted by Crippen LogP contribution is 2.27. The summed E-state index contributed by atoms with van der Waals surface area (Å²) in [6.45, 7) is 7.52. The number of benzene rings is 3. The predicted molar refractivity (Wildman–Crippen MR) is 149 cm³/mol. The van der Waals surface area contributed by atoms with Gasteiger partial charge in [0.05, 0.1) is 12.1 Å². The number of ether oxygens (including phenoxy) is 1. The van der Waals surface area contributed by atoms with E-state index in [-0.39, 0.29) is 12.3 Å². The molecule has 7 heteroatoms. The Morgan fingerprint density at radius 3 is 2.37 bits per heavy atom. The van der Waals surface area contributed by atoms with Gasteiger partial charge in [0, 0.05) is 6.54 Å². The van der Waals surface area contributed by atoms with E-state index in [0.717, 1.165) is 33.9 Å². The lowest BCUT2D eigenvalue weighted by atomic mass is 9.98. The molecule has 3 N–H and O–H groups in total. The first-order valence-electron chi connectivity index (χ1n) is 13.2. The van der Waals surface area contributed by atoms with Crippen LogP contribution in [0.1, 0.15) is 46.1 Å². The highest BCUT2D eigenvalue weighted by atomic mass is 16.6. The van der Waals surface area contributed by atoms with Crippen molar-refractivity contribution in [3.8, 4) is 11.1 Å². The van der Waals surface area contributed by atoms with E-state index in [1.54, 1.807) is 27.7 Å². The van der Waals surface area contributed by atoms with Crippen LogP contribution in [0.15, 0.2) is 66.7 Å². The van der Waals surface area contributed by atoms with Crippen molar-refractivity contribution in [1.29, 1.82) is 0 Å². The lowest BCUT2D eigenvalue weighted by Crippen LogP contribution is -2.58. The zero-order valence-electron chi connectivity index (χ0n) is 22.6. The summed E-state index contributed by atoms with van der Waals surface area (Å²) in [5, 5.41) is 5.44. The van der Waals surface area contributed by atoms with Crippen molar-refractivity contribution < 1.29 is 19.1 Å². The van der Waals surface area contributed by atoms with Crippen LogP contribution < -0.4 is 11.1 Å². The van der Waals surface area contributed by atoms with Crippen molar-refractivity contribution in [3.05, 3.63) is 72.3 Å². The van der Waals surface area contributed by atoms with E-state index in [1.165, 1.54) is 4.90 Å². The Hall–Kier alpha value is -3.55. The van der Waals surface area contributed by atoms with Crippen LogP contribution in [-0.4, -0.2) is 52.8 Å². The van der Waals surface area contributed by atoms with Gasteiger partial charge in [0.1, 0.15) is 5.60 Å². The summed E-state index contributed by atoms with van der Waals surface area (Å²) in [7, 11) is 0. The second kappa shape index (κ2) is 11.5. The van der Waals surface area contributed by atoms with Crippen molar-refractivity contribution in [1.82, 2.24) is 10.2 Å². The van der Waals surface area contributed by atoms with E-state index in [0.29, 0.717) is 13.0 Å². The van der Waals surface area contributed by atoms with Crippen LogP contribution in [-0.2, 0) is 25.7 Å². The second-order valence-corrected chi connectivity index (χ2v) is 11.0. The van der Waals surface area contributed by atoms with Gasteiger partial charge in [0.2, 0.25) is 5.91 Å². The van der Waals surface area contributed by atoms with Gasteiger partial charge in [0.25, 0.3) is 0 Å². The molecule has 3 aromatic carbocycles. The maximum Gasteiger partial charge on any atom is 0.337 e. The molecular formula is C31H37N3O4. The Kier molecular flexibility index (Phi) is 8.29. The summed E-state index contributed by atoms with van der Waals surface area (Å²) in [4.78, 5) is 41.8. The fraction of sp³-hybridized carbons (Fsp3) is 0.387. The molecule has 3 atom stereocenters. The standard InChI is InChI=1S/C31H37N3O4/c1-20(32)29(36)34(27(30(37)38-31(2,3)4)28(35)26-13-8-16-33-26)19-21-9-7-12-23(17-21)25-15-14-22-10-5-6-11-24(22)18-25/h5-7,9-12,14-15,17-18,20,26-27,33H,8,13,16,19,32H2,1-4H3/t20?,26?,27-/m0/s1. The predicted octanol–water partition coefficient (Wildman–Crippen LogP) is 4.21. The monoisotopic (exact) mass is 515 g/mol. The smallest absolute Gasteiger partial charge is 0.337 e. The van der Waals surface area contributed by atoms with Gasteiger partial charge < -0.3 is 20.7 Å². The first kappa shape index (κ1) is 27.5. The topological polar surface area (TPSA) is 102 Å². The number of hydrogen-bond donors (Lipinski definition) is 2. The quantitative estimate of drug-likeness (QED) is 0.344. The molecule has 1 amide bonds. The van der Waals surface area contributed by atoms with Gasteiger partial charge >= 0.3 is 5.97 Å². The summed E-state index contributed by atoms with van der Waals surface area (Å²) in [5.74, 6) is -1.59. The number of rotatable bonds is 8. The number of nitrogens with zero attached hydrogens (tertiary/aromatic N) is 1. The fourth-order valence-corrected chi connectivity index (χ4v) is 4.85. The van der Waals surface area contributed by atoms with Gasteiger partial charge in [-0.05, 0) is 86.7 Å². The zero-order valence-corrected chi connectivity index (χ0v) is 22.6. The van der Waals surface area contributed by atoms with Crippen molar-refractivity contribution in [2.24, 2.45) is 5.73 Å². The Bertz CT molecular complexity index is 1320. The van der Waals surface area contributed by atoms with Gasteiger partial charge in [-0.3, -0.25) is 9.59 Å². The van der Waals surface area contributed by atoms with E-state index < -0.39 is 35.6 Å². The highest BCUT2D eigenvalue weighted by molar-refractivity contribution is 6.08. The number of nitrogens with one attached hydrogen (secondary N) is 1. The number of carbonyl (C=O) groups excluding carboxylic acids is 3. The number of ketones is 1. The normalized spacial score (nSPS) is 17.1. The molecule has 0 spiro atoms. The minimum absolute atomic E-state index is 0.0458. The van der Waals surface area contributed by atoms with E-state index >= 15 is 0 Å². The molecular weight excluding hydrogens is 478 g/mol. The second-order valence-electron chi connectivity index (χ2n) is 11.0. The molecule has 1 fully saturated rings. The minimum Gasteiger partial charge on any atom is -0.458 e. The van der Waals surface area contributed by atoms with E-state index in [1.807, 2.05) is 36.4 Å². The Morgan fingerprint density at radius 2 is 1.71 bits per heavy atom. The highest BCUT2D eigenvalue weighted by Gasteiger charge is 2.43. The van der Waals surface area contributed by atoms with Crippen LogP contribution in [0.4, 0.5) is 0 Å². The van der Waals surface area contributed by atoms with Crippen LogP contribution in [0.5, 0.6) is 0 Å². The van der Waals surface area contributed by atoms with Crippen LogP contribution in [0, 0.1) is 0 Å². The van der Waals surface area contributed by atoms with Gasteiger partial charge in [0.15, 0.2) is 11.8 Å². The number of carbonyl (C=O) groups is 3. The average Bonchev–Trinajstić information content (AvgIpc) is 3.42. The van der Waals surface area contributed by atoms with E-state index in [4.69, 9.17) is 10.5 Å². The summed E-state index contributed by atoms with van der Waals surface area (Å²) in [6.07, 6.45) is 1.43. The number of hydrogen-bond acceptors (Lipinski definition) is 6. The first-order chi connectivity index (χ1) is 18.0. The lowest BCUT2D eigenvalue weighted by Gasteiger charge is -2.34. The maximum atomic E-state index is 13.6. The summed E-state index contributed by atoms with van der Waals surface area (Å²) in [6, 6.07) is 19.4. The number of amides is 1. The Balaban J connectivity index is 1.70. The first-order valence-corrected chi connectivity index (χ1v) is 13.2. The van der Waals surface area contributed by atoms with Gasteiger partial charge in [-0.2, -0.15) is 0 Å². The van der Waals surface area contributed by atoms with Crippen LogP contribution in [0.2, 0.25) is 0 Å². The van der Waals surface area contributed by atoms with Gasteiger partial charge in [-0.25, -0.2) is 4.79 Å². The Morgan fingerprint density at radius 1 is 1.00 bits per heavy atom. The van der Waals surface area contributed by atoms with Crippen LogP contribution in [0.3, 0.4) is 0 Å². The zero-order chi connectivity index (χ0) is 27.4. The van der Waals surface area contributed by atoms with Crippen molar-refractivity contribution >= 4 is 28.4 Å². The molecule has 4 rings (SSSR count). The van der Waals surface area contributed by atoms with E-state index in [2.05, 4.69) is 35.6 Å². The molecule has 0 bridgehead atoms. The van der Waals surface area contributed by atoms with E-state index in [9.17, 15) is 14.4 Å². The van der Waals surface area contributed by atoms with Crippen molar-refractivity contribution in [2.45, 2.75) is 70.8 Å². The molecule has 0 radical (unpaired) electrons. The molecule has 1 heterocycles. The number of esters is 1. The molecule has 1 saturated heterocycles. The van der Waals surface area contributed by atoms with Crippen molar-refractivity contribution in [2.75, 3.05) is 6.54 Å². The largest absolute Gasteiger partial charge is 0.458 e. The summed E-state index contributed by atoms with van der Waals surface area (Å²) in [5.41, 5.74) is 7.98. The molecule has 7 nitrogen and oxygen atoms in total. The summed E-state index contributed by atoms with van der Waals surface area (Å²) >= 11 is 0. The van der Waals surface area contributed by atoms with Crippen molar-refractivity contribution in [3.63, 3.8) is 0 Å². The summed E-state index contributed by atoms with van der Waals surface area (Å²) < 4.78 is 5.64. The molecule has 0 saturated carbocycles. The molecule has 200 valence electrons. The molecule has 2 unspecified atom stereocenters. The lowest BCUT2D eigenvalue weighted by molar-refractivity contribution is -0.168. The molecule has 38 heavy (non-hydrogen) atoms. The molecule has 3 aromatic rings. The molecule has 0 aliphatic carbocycles. The SMILES string of the molecule is CC(N)C(=O)N(Cc1cccc(-c2ccc3ccccc3c2)c1)[C@H](C(=O)OC(C)(C)C)C(=O)C1CCCN1. The Labute approximate surface area is 224 Å². The number of nitrogens with two attached hydrogens (primary N) is 1. The minimum atomic E-state index is -1.40. The maximum absolute atomic E-state index is 13.6. The third-order valence-corrected chi connectivity index (χ3v) is 6.65. The molecule has 0 aromatic heterocycles. The van der Waals surface area contributed by atoms with Crippen LogP contribution in [0.25, 0.3) is 21.9 Å². The van der Waals surface area contributed by atoms with Crippen LogP contribution >= 0.6 is 0 Å². The average molecular weight is 516 g/mol. The number of fused-ring (bicyclic) bond motifs is 1. The van der Waals surface area contributed by atoms with Gasteiger partial charge in [-0.1, -0.05) is 54.6 Å². The third kappa shape index (κ3) is 6.47.